The van der Waals surface area contributed by atoms with Crippen molar-refractivity contribution in [2.45, 2.75) is 44.8 Å². The van der Waals surface area contributed by atoms with Gasteiger partial charge in [0.15, 0.2) is 0 Å². The number of ether oxygens (including phenoxy) is 2. The molecule has 6 nitrogen and oxygen atoms in total. The van der Waals surface area contributed by atoms with E-state index in [4.69, 9.17) is 32.7 Å². The second-order valence-corrected chi connectivity index (χ2v) is 9.58. The Kier molecular flexibility index (Phi) is 7.73. The third-order valence-corrected chi connectivity index (χ3v) is 7.21. The molecule has 0 amide bonds. The largest absolute Gasteiger partial charge is 0.497 e. The second kappa shape index (κ2) is 10.6. The van der Waals surface area contributed by atoms with Crippen molar-refractivity contribution in [1.29, 1.82) is 0 Å². The van der Waals surface area contributed by atoms with Crippen LogP contribution in [0.4, 0.5) is 0 Å². The summed E-state index contributed by atoms with van der Waals surface area (Å²) in [5.74, 6) is 0.303. The fourth-order valence-electron chi connectivity index (χ4n) is 5.01. The maximum absolute atomic E-state index is 12.6. The molecule has 4 rings (SSSR count). The van der Waals surface area contributed by atoms with E-state index >= 15 is 0 Å². The van der Waals surface area contributed by atoms with E-state index in [2.05, 4.69) is 10.3 Å². The summed E-state index contributed by atoms with van der Waals surface area (Å²) in [5, 5.41) is 16.9. The van der Waals surface area contributed by atoms with Gasteiger partial charge in [0.1, 0.15) is 11.4 Å². The van der Waals surface area contributed by atoms with Gasteiger partial charge in [-0.3, -0.25) is 0 Å². The fraction of sp³-hybridized carbons (Fsp3) is 0.423. The second-order valence-electron chi connectivity index (χ2n) is 8.74. The Hall–Kier alpha value is -2.25. The van der Waals surface area contributed by atoms with E-state index in [1.807, 2.05) is 24.3 Å². The number of aromatic nitrogens is 1. The SMILES string of the molecule is CCOC(=O)c1[nH]c2cc(Cl)cc(Cl)c2c1CNCC1CCCCC1(O)c1cccc(OC)c1. The molecule has 1 saturated carbocycles. The highest BCUT2D eigenvalue weighted by Crippen LogP contribution is 2.42. The zero-order chi connectivity index (χ0) is 24.3. The number of fused-ring (bicyclic) bond motifs is 1. The van der Waals surface area contributed by atoms with Gasteiger partial charge in [0, 0.05) is 40.5 Å². The molecule has 182 valence electrons. The highest BCUT2D eigenvalue weighted by molar-refractivity contribution is 6.39. The maximum Gasteiger partial charge on any atom is 0.355 e. The van der Waals surface area contributed by atoms with E-state index in [0.717, 1.165) is 41.5 Å². The molecule has 0 bridgehead atoms. The van der Waals surface area contributed by atoms with Crippen molar-refractivity contribution in [1.82, 2.24) is 10.3 Å². The van der Waals surface area contributed by atoms with Gasteiger partial charge in [-0.05, 0) is 49.6 Å². The van der Waals surface area contributed by atoms with Crippen molar-refractivity contribution in [3.8, 4) is 5.75 Å². The zero-order valence-electron chi connectivity index (χ0n) is 19.4. The van der Waals surface area contributed by atoms with Crippen molar-refractivity contribution in [3.05, 3.63) is 63.3 Å². The highest BCUT2D eigenvalue weighted by atomic mass is 35.5. The Morgan fingerprint density at radius 3 is 2.85 bits per heavy atom. The van der Waals surface area contributed by atoms with E-state index in [0.29, 0.717) is 40.8 Å². The van der Waals surface area contributed by atoms with E-state index in [1.165, 1.54) is 0 Å². The molecule has 2 unspecified atom stereocenters. The molecule has 2 aromatic carbocycles. The van der Waals surface area contributed by atoms with E-state index < -0.39 is 11.6 Å². The number of esters is 1. The summed E-state index contributed by atoms with van der Waals surface area (Å²) < 4.78 is 10.6. The van der Waals surface area contributed by atoms with Gasteiger partial charge in [-0.1, -0.05) is 48.2 Å². The number of hydrogen-bond acceptors (Lipinski definition) is 5. The first-order chi connectivity index (χ1) is 16.4. The molecule has 0 radical (unpaired) electrons. The standard InChI is InChI=1S/C26H30Cl2N2O4/c1-3-34-25(31)24-20(23-21(28)12-18(27)13-22(23)30-24)15-29-14-17-7-4-5-10-26(17,32)16-8-6-9-19(11-16)33-2/h6,8-9,11-13,17,29-30,32H,3-5,7,10,14-15H2,1-2H3. The minimum atomic E-state index is -0.949. The number of methoxy groups -OCH3 is 1. The highest BCUT2D eigenvalue weighted by Gasteiger charge is 2.40. The van der Waals surface area contributed by atoms with Crippen LogP contribution in [0.1, 0.15) is 54.2 Å². The molecule has 3 N–H and O–H groups in total. The number of carbonyl (C=O) groups excluding carboxylic acids is 1. The van der Waals surface area contributed by atoms with Crippen molar-refractivity contribution in [3.63, 3.8) is 0 Å². The lowest BCUT2D eigenvalue weighted by Crippen LogP contribution is -2.43. The quantitative estimate of drug-likeness (QED) is 0.336. The van der Waals surface area contributed by atoms with E-state index in [9.17, 15) is 9.90 Å². The predicted octanol–water partition coefficient (Wildman–Crippen LogP) is 5.83. The summed E-state index contributed by atoms with van der Waals surface area (Å²) in [4.78, 5) is 15.8. The van der Waals surface area contributed by atoms with Gasteiger partial charge in [0.25, 0.3) is 0 Å². The first kappa shape index (κ1) is 24.9. The van der Waals surface area contributed by atoms with Crippen LogP contribution < -0.4 is 10.1 Å². The molecule has 8 heteroatoms. The number of aliphatic hydroxyl groups is 1. The van der Waals surface area contributed by atoms with Gasteiger partial charge in [-0.15, -0.1) is 0 Å². The van der Waals surface area contributed by atoms with Gasteiger partial charge >= 0.3 is 5.97 Å². The lowest BCUT2D eigenvalue weighted by molar-refractivity contribution is -0.0538. The Labute approximate surface area is 209 Å². The Balaban J connectivity index is 1.58. The average molecular weight is 505 g/mol. The summed E-state index contributed by atoms with van der Waals surface area (Å²) in [6.45, 7) is 3.00. The van der Waals surface area contributed by atoms with E-state index in [-0.39, 0.29) is 12.5 Å². The lowest BCUT2D eigenvalue weighted by Gasteiger charge is -2.41. The van der Waals surface area contributed by atoms with Crippen molar-refractivity contribution in [2.75, 3.05) is 20.3 Å². The molecular formula is C26H30Cl2N2O4. The molecular weight excluding hydrogens is 475 g/mol. The molecule has 3 aromatic rings. The fourth-order valence-corrected chi connectivity index (χ4v) is 5.62. The number of halogens is 2. The first-order valence-electron chi connectivity index (χ1n) is 11.6. The monoisotopic (exact) mass is 504 g/mol. The van der Waals surface area contributed by atoms with Crippen molar-refractivity contribution in [2.24, 2.45) is 5.92 Å². The molecule has 34 heavy (non-hydrogen) atoms. The zero-order valence-corrected chi connectivity index (χ0v) is 20.9. The number of carbonyl (C=O) groups is 1. The van der Waals surface area contributed by atoms with E-state index in [1.54, 1.807) is 26.2 Å². The average Bonchev–Trinajstić information content (AvgIpc) is 3.19. The summed E-state index contributed by atoms with van der Waals surface area (Å²) in [7, 11) is 1.63. The molecule has 0 saturated heterocycles. The normalized spacial score (nSPS) is 20.4. The van der Waals surface area contributed by atoms with Crippen LogP contribution in [0, 0.1) is 5.92 Å². The van der Waals surface area contributed by atoms with Crippen LogP contribution in [0.5, 0.6) is 5.75 Å². The summed E-state index contributed by atoms with van der Waals surface area (Å²) in [5.41, 5.74) is 1.70. The number of hydrogen-bond donors (Lipinski definition) is 3. The van der Waals surface area contributed by atoms with Crippen LogP contribution in [-0.4, -0.2) is 36.3 Å². The van der Waals surface area contributed by atoms with Crippen molar-refractivity contribution < 1.29 is 19.4 Å². The number of benzene rings is 2. The molecule has 0 aliphatic heterocycles. The Morgan fingerprint density at radius 1 is 1.26 bits per heavy atom. The summed E-state index contributed by atoms with van der Waals surface area (Å²) in [6, 6.07) is 11.1. The van der Waals surface area contributed by atoms with Gasteiger partial charge in [-0.2, -0.15) is 0 Å². The number of H-pyrrole nitrogens is 1. The smallest absolute Gasteiger partial charge is 0.355 e. The number of nitrogens with one attached hydrogen (secondary N) is 2. The predicted molar refractivity (Wildman–Crippen MR) is 135 cm³/mol. The van der Waals surface area contributed by atoms with Crippen LogP contribution >= 0.6 is 23.2 Å². The summed E-state index contributed by atoms with van der Waals surface area (Å²) >= 11 is 12.7. The third kappa shape index (κ3) is 4.91. The van der Waals surface area contributed by atoms with Gasteiger partial charge in [0.2, 0.25) is 0 Å². The number of aromatic amines is 1. The molecule has 0 spiro atoms. The molecule has 1 heterocycles. The van der Waals surface area contributed by atoms with Gasteiger partial charge in [0.05, 0.1) is 24.3 Å². The van der Waals surface area contributed by atoms with Crippen LogP contribution in [0.25, 0.3) is 10.9 Å². The minimum absolute atomic E-state index is 0.00882. The molecule has 1 fully saturated rings. The van der Waals surface area contributed by atoms with Crippen LogP contribution in [0.3, 0.4) is 0 Å². The molecule has 1 aliphatic rings. The van der Waals surface area contributed by atoms with Gasteiger partial charge < -0.3 is 24.9 Å². The Morgan fingerprint density at radius 2 is 2.09 bits per heavy atom. The number of rotatable bonds is 8. The Bertz CT molecular complexity index is 1180. The van der Waals surface area contributed by atoms with Crippen LogP contribution in [-0.2, 0) is 16.9 Å². The van der Waals surface area contributed by atoms with Gasteiger partial charge in [-0.25, -0.2) is 4.79 Å². The topological polar surface area (TPSA) is 83.6 Å². The molecule has 1 aliphatic carbocycles. The molecule has 1 aromatic heterocycles. The first-order valence-corrected chi connectivity index (χ1v) is 12.4. The lowest BCUT2D eigenvalue weighted by atomic mass is 9.71. The molecule has 2 atom stereocenters. The summed E-state index contributed by atoms with van der Waals surface area (Å²) in [6.07, 6.45) is 3.62. The van der Waals surface area contributed by atoms with Crippen LogP contribution in [0.15, 0.2) is 36.4 Å². The third-order valence-electron chi connectivity index (χ3n) is 6.70. The maximum atomic E-state index is 12.6. The van der Waals surface area contributed by atoms with Crippen molar-refractivity contribution >= 4 is 40.1 Å². The van der Waals surface area contributed by atoms with Crippen LogP contribution in [0.2, 0.25) is 10.0 Å². The minimum Gasteiger partial charge on any atom is -0.497 e.